The van der Waals surface area contributed by atoms with Crippen LogP contribution in [0.15, 0.2) is 12.2 Å². The van der Waals surface area contributed by atoms with Gasteiger partial charge in [-0.25, -0.2) is 9.18 Å². The number of rotatable bonds is 3. The van der Waals surface area contributed by atoms with Crippen LogP contribution in [0.4, 0.5) is 26.3 Å². The molecule has 0 N–H and O–H groups in total. The zero-order valence-corrected chi connectivity index (χ0v) is 6.50. The molecule has 0 saturated carbocycles. The van der Waals surface area contributed by atoms with E-state index in [4.69, 9.17) is 0 Å². The van der Waals surface area contributed by atoms with Crippen LogP contribution in [-0.4, -0.2) is 24.9 Å². The van der Waals surface area contributed by atoms with E-state index in [1.54, 1.807) is 0 Å². The topological polar surface area (TPSA) is 26.3 Å². The molecule has 0 aliphatic heterocycles. The summed E-state index contributed by atoms with van der Waals surface area (Å²) in [5, 5.41) is 0. The van der Waals surface area contributed by atoms with E-state index in [9.17, 15) is 31.1 Å². The summed E-state index contributed by atoms with van der Waals surface area (Å²) >= 11 is 0. The van der Waals surface area contributed by atoms with Crippen molar-refractivity contribution in [3.8, 4) is 0 Å². The molecule has 0 saturated heterocycles. The lowest BCUT2D eigenvalue weighted by atomic mass is 10.3. The third-order valence-electron chi connectivity index (χ3n) is 0.986. The molecule has 0 aliphatic carbocycles. The van der Waals surface area contributed by atoms with Crippen molar-refractivity contribution < 1.29 is 35.9 Å². The molecule has 0 aromatic heterocycles. The summed E-state index contributed by atoms with van der Waals surface area (Å²) in [4.78, 5) is 10.3. The fraction of sp³-hybridized carbons (Fsp3) is 0.500. The minimum atomic E-state index is -5.18. The highest BCUT2D eigenvalue weighted by atomic mass is 19.4. The zero-order chi connectivity index (χ0) is 11.6. The number of esters is 1. The third kappa shape index (κ3) is 3.67. The number of alkyl halides is 6. The second-order valence-electron chi connectivity index (χ2n) is 2.14. The van der Waals surface area contributed by atoms with Gasteiger partial charge in [0.05, 0.1) is 0 Å². The van der Waals surface area contributed by atoms with E-state index in [2.05, 4.69) is 11.3 Å². The largest absolute Gasteiger partial charge is 0.429 e. The second-order valence-corrected chi connectivity index (χ2v) is 2.14. The normalized spacial score (nSPS) is 12.4. The van der Waals surface area contributed by atoms with Gasteiger partial charge in [-0.3, -0.25) is 0 Å². The first kappa shape index (κ1) is 12.8. The SMILES string of the molecule is C=C(C(=O)OC(F)(F)CF)C(F)(F)F. The Morgan fingerprint density at radius 1 is 1.21 bits per heavy atom. The number of hydrogen-bond donors (Lipinski definition) is 0. The minimum Gasteiger partial charge on any atom is -0.395 e. The minimum absolute atomic E-state index is 2.12. The van der Waals surface area contributed by atoms with E-state index < -0.39 is 30.5 Å². The fourth-order valence-electron chi connectivity index (χ4n) is 0.340. The van der Waals surface area contributed by atoms with Gasteiger partial charge in [0.25, 0.3) is 0 Å². The van der Waals surface area contributed by atoms with Gasteiger partial charge in [-0.05, 0) is 0 Å². The summed E-state index contributed by atoms with van der Waals surface area (Å²) in [5.74, 6) is -2.40. The van der Waals surface area contributed by atoms with Crippen LogP contribution in [0, 0.1) is 0 Å². The summed E-state index contributed by atoms with van der Waals surface area (Å²) in [7, 11) is 0. The lowest BCUT2D eigenvalue weighted by Gasteiger charge is -2.14. The molecule has 0 bridgehead atoms. The predicted octanol–water partition coefficient (Wildman–Crippen LogP) is 2.21. The van der Waals surface area contributed by atoms with Crippen molar-refractivity contribution in [1.29, 1.82) is 0 Å². The van der Waals surface area contributed by atoms with Crippen molar-refractivity contribution in [3.05, 3.63) is 12.2 Å². The molecule has 0 unspecified atom stereocenters. The van der Waals surface area contributed by atoms with Gasteiger partial charge in [-0.2, -0.15) is 22.0 Å². The number of carbonyl (C=O) groups is 1. The molecule has 0 fully saturated rings. The Bertz CT molecular complexity index is 243. The standard InChI is InChI=1S/C6H4F6O2/c1-3(6(10,11)12)4(13)14-5(8,9)2-7/h1-2H2. The van der Waals surface area contributed by atoms with Crippen LogP contribution in [0.1, 0.15) is 0 Å². The molecule has 0 rings (SSSR count). The molecule has 0 aliphatic rings. The molecule has 0 radical (unpaired) electrons. The molecule has 0 aromatic rings. The number of ether oxygens (including phenoxy) is 1. The van der Waals surface area contributed by atoms with E-state index in [-0.39, 0.29) is 0 Å². The first-order valence-electron chi connectivity index (χ1n) is 3.03. The molecule has 0 heterocycles. The average Bonchev–Trinajstić information content (AvgIpc) is 2.00. The molecule has 14 heavy (non-hydrogen) atoms. The average molecular weight is 222 g/mol. The fourth-order valence-corrected chi connectivity index (χ4v) is 0.340. The molecular formula is C6H4F6O2. The zero-order valence-electron chi connectivity index (χ0n) is 6.50. The van der Waals surface area contributed by atoms with E-state index in [0.717, 1.165) is 0 Å². The van der Waals surface area contributed by atoms with Crippen molar-refractivity contribution in [3.63, 3.8) is 0 Å². The summed E-state index contributed by atoms with van der Waals surface area (Å²) in [6.45, 7) is -0.210. The Labute approximate surface area is 74.1 Å². The van der Waals surface area contributed by atoms with Gasteiger partial charge in [-0.15, -0.1) is 0 Å². The van der Waals surface area contributed by atoms with Crippen molar-refractivity contribution >= 4 is 5.97 Å². The molecule has 0 amide bonds. The van der Waals surface area contributed by atoms with E-state index in [1.165, 1.54) is 0 Å². The summed E-state index contributed by atoms with van der Waals surface area (Å²) < 4.78 is 73.0. The summed E-state index contributed by atoms with van der Waals surface area (Å²) in [5.41, 5.74) is -2.12. The number of carbonyl (C=O) groups excluding carboxylic acids is 1. The predicted molar refractivity (Wildman–Crippen MR) is 32.2 cm³/mol. The second kappa shape index (κ2) is 3.89. The summed E-state index contributed by atoms with van der Waals surface area (Å²) in [6, 6.07) is 0. The maximum Gasteiger partial charge on any atom is 0.429 e. The van der Waals surface area contributed by atoms with Gasteiger partial charge in [0.2, 0.25) is 0 Å². The Morgan fingerprint density at radius 2 is 1.64 bits per heavy atom. The van der Waals surface area contributed by atoms with Crippen LogP contribution in [-0.2, 0) is 9.53 Å². The van der Waals surface area contributed by atoms with Crippen LogP contribution in [0.2, 0.25) is 0 Å². The van der Waals surface area contributed by atoms with E-state index in [0.29, 0.717) is 0 Å². The van der Waals surface area contributed by atoms with Crippen LogP contribution < -0.4 is 0 Å². The van der Waals surface area contributed by atoms with Crippen LogP contribution in [0.3, 0.4) is 0 Å². The highest BCUT2D eigenvalue weighted by Crippen LogP contribution is 2.27. The Kier molecular flexibility index (Phi) is 3.55. The van der Waals surface area contributed by atoms with Gasteiger partial charge in [0.1, 0.15) is 5.57 Å². The smallest absolute Gasteiger partial charge is 0.395 e. The Hall–Kier alpha value is -1.21. The van der Waals surface area contributed by atoms with Crippen LogP contribution in [0.25, 0.3) is 0 Å². The van der Waals surface area contributed by atoms with Gasteiger partial charge in [-0.1, -0.05) is 6.58 Å². The number of hydrogen-bond acceptors (Lipinski definition) is 2. The lowest BCUT2D eigenvalue weighted by molar-refractivity contribution is -0.238. The van der Waals surface area contributed by atoms with Gasteiger partial charge in [0.15, 0.2) is 6.67 Å². The molecule has 82 valence electrons. The maximum absolute atomic E-state index is 11.9. The van der Waals surface area contributed by atoms with Crippen molar-refractivity contribution in [2.75, 3.05) is 6.67 Å². The monoisotopic (exact) mass is 222 g/mol. The highest BCUT2D eigenvalue weighted by Gasteiger charge is 2.43. The van der Waals surface area contributed by atoms with Crippen LogP contribution >= 0.6 is 0 Å². The van der Waals surface area contributed by atoms with E-state index >= 15 is 0 Å². The van der Waals surface area contributed by atoms with Crippen molar-refractivity contribution in [2.45, 2.75) is 12.3 Å². The number of halogens is 6. The molecule has 0 spiro atoms. The first-order chi connectivity index (χ1) is 6.10. The third-order valence-corrected chi connectivity index (χ3v) is 0.986. The molecule has 0 atom stereocenters. The van der Waals surface area contributed by atoms with Gasteiger partial charge < -0.3 is 4.74 Å². The molecule has 2 nitrogen and oxygen atoms in total. The van der Waals surface area contributed by atoms with Crippen LogP contribution in [0.5, 0.6) is 0 Å². The quantitative estimate of drug-likeness (QED) is 0.415. The van der Waals surface area contributed by atoms with Crippen molar-refractivity contribution in [1.82, 2.24) is 0 Å². The first-order valence-corrected chi connectivity index (χ1v) is 3.03. The van der Waals surface area contributed by atoms with E-state index in [1.807, 2.05) is 0 Å². The van der Waals surface area contributed by atoms with Gasteiger partial charge in [0, 0.05) is 0 Å². The Balaban J connectivity index is 4.45. The molecule has 0 aromatic carbocycles. The maximum atomic E-state index is 11.9. The lowest BCUT2D eigenvalue weighted by Crippen LogP contribution is -2.31. The molecule has 8 heteroatoms. The Morgan fingerprint density at radius 3 is 1.93 bits per heavy atom. The van der Waals surface area contributed by atoms with Gasteiger partial charge >= 0.3 is 18.3 Å². The van der Waals surface area contributed by atoms with Crippen molar-refractivity contribution in [2.24, 2.45) is 0 Å². The molecular weight excluding hydrogens is 218 g/mol. The highest BCUT2D eigenvalue weighted by molar-refractivity contribution is 5.89. The summed E-state index contributed by atoms with van der Waals surface area (Å²) in [6.07, 6.45) is -9.74.